The van der Waals surface area contributed by atoms with Crippen molar-refractivity contribution in [2.45, 2.75) is 157 Å². The lowest BCUT2D eigenvalue weighted by Crippen LogP contribution is -2.63. The number of hydrogen-bond donors (Lipinski definition) is 2. The number of allylic oxidation sites excluding steroid dienone is 3. The van der Waals surface area contributed by atoms with Gasteiger partial charge in [0.25, 0.3) is 0 Å². The number of methoxy groups -OCH3 is 2. The Balaban J connectivity index is 1.06. The molecule has 2 aromatic rings. The monoisotopic (exact) mass is 1170 g/mol. The number of fused-ring (bicyclic) bond motifs is 5. The highest BCUT2D eigenvalue weighted by Gasteiger charge is 2.62. The quantitative estimate of drug-likeness (QED) is 0.0810. The van der Waals surface area contributed by atoms with Gasteiger partial charge in [0.05, 0.1) is 30.2 Å². The maximum Gasteiger partial charge on any atom is 0.409 e. The number of rotatable bonds is 18. The van der Waals surface area contributed by atoms with E-state index in [0.717, 1.165) is 41.8 Å². The lowest BCUT2D eigenvalue weighted by molar-refractivity contribution is -0.163. The molecule has 0 radical (unpaired) electrons. The molecule has 2 aliphatic carbocycles. The lowest BCUT2D eigenvalue weighted by Gasteiger charge is -2.42. The van der Waals surface area contributed by atoms with Crippen LogP contribution < -0.4 is 15.0 Å². The van der Waals surface area contributed by atoms with Gasteiger partial charge in [0.15, 0.2) is 5.72 Å². The van der Waals surface area contributed by atoms with E-state index in [9.17, 15) is 33.9 Å². The zero-order valence-corrected chi connectivity index (χ0v) is 51.0. The van der Waals surface area contributed by atoms with Crippen molar-refractivity contribution in [1.82, 2.24) is 25.0 Å². The van der Waals surface area contributed by atoms with Gasteiger partial charge in [-0.3, -0.25) is 19.7 Å². The smallest absolute Gasteiger partial charge is 0.409 e. The number of esters is 1. The van der Waals surface area contributed by atoms with E-state index >= 15 is 0 Å². The number of halogens is 1. The summed E-state index contributed by atoms with van der Waals surface area (Å²) in [6, 6.07) is 8.37. The van der Waals surface area contributed by atoms with Gasteiger partial charge in [-0.15, -0.1) is 11.8 Å². The van der Waals surface area contributed by atoms with Crippen LogP contribution in [0.4, 0.5) is 15.3 Å². The predicted octanol–water partition coefficient (Wildman–Crippen LogP) is 9.35. The zero-order valence-electron chi connectivity index (χ0n) is 47.8. The minimum Gasteiger partial charge on any atom is -0.495 e. The fourth-order valence-electron chi connectivity index (χ4n) is 10.3. The largest absolute Gasteiger partial charge is 0.495 e. The number of carbonyl (C=O) groups is 6. The van der Waals surface area contributed by atoms with Crippen LogP contribution in [-0.2, 0) is 44.5 Å². The van der Waals surface area contributed by atoms with E-state index in [0.29, 0.717) is 43.8 Å². The van der Waals surface area contributed by atoms with Crippen molar-refractivity contribution >= 4 is 86.5 Å². The molecule has 436 valence electrons. The number of thioether (sulfide) groups is 1. The Morgan fingerprint density at radius 1 is 1.04 bits per heavy atom. The van der Waals surface area contributed by atoms with E-state index in [2.05, 4.69) is 10.3 Å². The highest BCUT2D eigenvalue weighted by molar-refractivity contribution is 8.76. The van der Waals surface area contributed by atoms with Crippen molar-refractivity contribution in [2.24, 2.45) is 17.3 Å². The van der Waals surface area contributed by atoms with Gasteiger partial charge in [0, 0.05) is 77.6 Å². The summed E-state index contributed by atoms with van der Waals surface area (Å²) in [7, 11) is 12.8. The van der Waals surface area contributed by atoms with E-state index in [1.807, 2.05) is 65.0 Å². The average Bonchev–Trinajstić information content (AvgIpc) is 4.16. The molecule has 1 aromatic heterocycles. The van der Waals surface area contributed by atoms with Crippen molar-refractivity contribution in [2.75, 3.05) is 66.2 Å². The van der Waals surface area contributed by atoms with E-state index in [-0.39, 0.29) is 70.9 Å². The minimum atomic E-state index is -1.81. The van der Waals surface area contributed by atoms with E-state index < -0.39 is 58.4 Å². The molecule has 4 bridgehead atoms. The fraction of sp³-hybridized carbons (Fsp3) is 0.632. The third-order valence-corrected chi connectivity index (χ3v) is 20.7. The Kier molecular flexibility index (Phi) is 22.4. The normalized spacial score (nSPS) is 27.8. The molecule has 3 heterocycles. The second kappa shape index (κ2) is 27.9. The number of benzene rings is 1. The number of nitrogens with zero attached hydrogens (tertiary/aromatic N) is 5. The Bertz CT molecular complexity index is 2560. The standard InChI is InChI=1S/C57H81ClN6O12S3/c1-35-18-17-21-45(73-12)57(71)33-43(74-53(69)60-57)36(2)39-32-56(39,6)46(31-49(66)64(10)40-29-38(28-35)30-42(72-11)51(40)58)76-52(68)37(3)63(9)48(65)23-24-55(4,5)77-34-50(67)61(7)26-27-62(8)54(70)75-41-19-13-14-20-44(41)78-79-47-22-15-16-25-59-47/h15-18,21-22,25,29-30,36-37,39,41,43-46,71H,13-14,19-20,23-24,26-28,31-34H2,1-12H3,(H,60,69)/b21-17+,35-18+/t36-,37-,39-,41-,43-,44-,45+,46-,56-,57-/m0/s1. The number of anilines is 1. The molecular weight excluding hydrogens is 1090 g/mol. The maximum absolute atomic E-state index is 14.5. The van der Waals surface area contributed by atoms with Crippen LogP contribution >= 0.6 is 45.0 Å². The second-order valence-electron chi connectivity index (χ2n) is 22.4. The number of aromatic nitrogens is 1. The van der Waals surface area contributed by atoms with Crippen molar-refractivity contribution < 1.29 is 57.6 Å². The molecule has 2 saturated carbocycles. The second-order valence-corrected chi connectivity index (χ2v) is 26.9. The average molecular weight is 1170 g/mol. The van der Waals surface area contributed by atoms with Crippen LogP contribution in [0.1, 0.15) is 105 Å². The molecule has 1 saturated heterocycles. The summed E-state index contributed by atoms with van der Waals surface area (Å²) in [4.78, 5) is 92.5. The Morgan fingerprint density at radius 3 is 2.46 bits per heavy atom. The first-order valence-electron chi connectivity index (χ1n) is 27.0. The molecule has 4 aliphatic rings. The van der Waals surface area contributed by atoms with Crippen LogP contribution in [0.2, 0.25) is 5.02 Å². The lowest BCUT2D eigenvalue weighted by atomic mass is 9.83. The number of pyridine rings is 1. The van der Waals surface area contributed by atoms with Gasteiger partial charge in [-0.1, -0.05) is 86.4 Å². The molecule has 1 aromatic carbocycles. The summed E-state index contributed by atoms with van der Waals surface area (Å²) in [5.74, 6) is -1.58. The fourth-order valence-corrected chi connectivity index (χ4v) is 14.3. The molecule has 2 N–H and O–H groups in total. The van der Waals surface area contributed by atoms with Gasteiger partial charge in [-0.05, 0) is 105 Å². The molecule has 79 heavy (non-hydrogen) atoms. The van der Waals surface area contributed by atoms with Crippen molar-refractivity contribution in [3.63, 3.8) is 0 Å². The molecular formula is C57H81ClN6O12S3. The van der Waals surface area contributed by atoms with Crippen molar-refractivity contribution in [1.29, 1.82) is 0 Å². The van der Waals surface area contributed by atoms with E-state index in [4.69, 9.17) is 35.3 Å². The number of nitrogens with one attached hydrogen (secondary N) is 1. The maximum atomic E-state index is 14.5. The topological polar surface area (TPSA) is 207 Å². The van der Waals surface area contributed by atoms with Gasteiger partial charge in [0.1, 0.15) is 46.3 Å². The molecule has 3 fully saturated rings. The predicted molar refractivity (Wildman–Crippen MR) is 310 cm³/mol. The highest BCUT2D eigenvalue weighted by Crippen LogP contribution is 2.61. The molecule has 18 nitrogen and oxygen atoms in total. The Labute approximate surface area is 483 Å². The van der Waals surface area contributed by atoms with E-state index in [1.54, 1.807) is 79.0 Å². The number of ether oxygens (including phenoxy) is 5. The van der Waals surface area contributed by atoms with Gasteiger partial charge < -0.3 is 48.4 Å². The van der Waals surface area contributed by atoms with Crippen LogP contribution in [0, 0.1) is 17.3 Å². The third-order valence-electron chi connectivity index (χ3n) is 16.1. The number of likely N-dealkylation sites (N-methyl/N-ethyl adjacent to an activating group) is 3. The molecule has 10 atom stereocenters. The molecule has 5 amide bonds. The van der Waals surface area contributed by atoms with Crippen LogP contribution in [-0.4, -0.2) is 168 Å². The van der Waals surface area contributed by atoms with Crippen LogP contribution in [0.3, 0.4) is 0 Å². The Morgan fingerprint density at radius 2 is 1.76 bits per heavy atom. The number of alkyl carbamates (subject to hydrolysis) is 1. The first-order valence-corrected chi connectivity index (χ1v) is 30.6. The van der Waals surface area contributed by atoms with Gasteiger partial charge in [-0.25, -0.2) is 19.4 Å². The van der Waals surface area contributed by atoms with Crippen LogP contribution in [0.5, 0.6) is 5.75 Å². The van der Waals surface area contributed by atoms with Crippen molar-refractivity contribution in [3.05, 3.63) is 70.9 Å². The molecule has 0 unspecified atom stereocenters. The van der Waals surface area contributed by atoms with Crippen molar-refractivity contribution in [3.8, 4) is 5.75 Å². The first kappa shape index (κ1) is 63.5. The summed E-state index contributed by atoms with van der Waals surface area (Å²) in [6.45, 7) is 11.9. The summed E-state index contributed by atoms with van der Waals surface area (Å²) in [5, 5.41) is 15.8. The first-order chi connectivity index (χ1) is 37.3. The Hall–Kier alpha value is -4.67. The van der Waals surface area contributed by atoms with E-state index in [1.165, 1.54) is 47.7 Å². The number of aliphatic hydroxyl groups is 1. The van der Waals surface area contributed by atoms with Gasteiger partial charge >= 0.3 is 18.2 Å². The zero-order chi connectivity index (χ0) is 58.0. The SMILES string of the molecule is COc1cc2cc(c1Cl)N(C)C(=O)C[C@H](OC(=O)[C@H](C)N(C)C(=O)CCC(C)(C)SCC(=O)N(C)CCN(C)C(=O)O[C@H]1CCCC[C@@H]1SSc1ccccn1)[C@@]1(C)C[C@H]1[C@H](C)[C@@H]1C[C@@](O)(NC(=O)O1)[C@H](OC)/C=C/C=C(\C)C2. The number of hydrogen-bond acceptors (Lipinski definition) is 16. The van der Waals surface area contributed by atoms with Crippen LogP contribution in [0.25, 0.3) is 0 Å². The minimum absolute atomic E-state index is 0.00653. The van der Waals surface area contributed by atoms with Gasteiger partial charge in [0.2, 0.25) is 17.7 Å². The summed E-state index contributed by atoms with van der Waals surface area (Å²) >= 11 is 8.30. The van der Waals surface area contributed by atoms with Crippen LogP contribution in [0.15, 0.2) is 65.4 Å². The molecule has 22 heteroatoms. The number of amides is 5. The molecule has 2 aliphatic heterocycles. The molecule has 6 rings (SSSR count). The number of carbonyl (C=O) groups excluding carboxylic acids is 6. The summed E-state index contributed by atoms with van der Waals surface area (Å²) in [6.07, 6.45) is 7.97. The molecule has 0 spiro atoms. The third kappa shape index (κ3) is 16.7. The summed E-state index contributed by atoms with van der Waals surface area (Å²) in [5.41, 5.74) is -0.471. The van der Waals surface area contributed by atoms with Gasteiger partial charge in [-0.2, -0.15) is 0 Å². The highest BCUT2D eigenvalue weighted by atomic mass is 35.5. The summed E-state index contributed by atoms with van der Waals surface area (Å²) < 4.78 is 29.0.